The summed E-state index contributed by atoms with van der Waals surface area (Å²) in [6, 6.07) is 14.6. The lowest BCUT2D eigenvalue weighted by Crippen LogP contribution is -2.32. The molecule has 1 aliphatic heterocycles. The number of hydrogen-bond acceptors (Lipinski definition) is 7. The molecule has 0 unspecified atom stereocenters. The number of hydroxylamine groups is 2. The number of carbonyl (C=O) groups is 3. The monoisotopic (exact) mass is 364 g/mol. The van der Waals surface area contributed by atoms with Gasteiger partial charge in [0.05, 0.1) is 18.2 Å². The van der Waals surface area contributed by atoms with E-state index < -0.39 is 17.8 Å². The van der Waals surface area contributed by atoms with E-state index in [2.05, 4.69) is 5.16 Å². The SMILES string of the molecule is COc1cccc(-c2cc(C(=O)ON3C(=O)c4ccccc4C3=O)on2)c1. The summed E-state index contributed by atoms with van der Waals surface area (Å²) in [4.78, 5) is 41.7. The average molecular weight is 364 g/mol. The molecule has 2 heterocycles. The van der Waals surface area contributed by atoms with E-state index in [4.69, 9.17) is 14.1 Å². The lowest BCUT2D eigenvalue weighted by atomic mass is 10.1. The molecule has 2 amide bonds. The van der Waals surface area contributed by atoms with Crippen molar-refractivity contribution in [1.29, 1.82) is 0 Å². The fraction of sp³-hybridized carbons (Fsp3) is 0.0526. The van der Waals surface area contributed by atoms with Gasteiger partial charge in [-0.05, 0) is 24.3 Å². The number of rotatable bonds is 4. The highest BCUT2D eigenvalue weighted by atomic mass is 16.7. The van der Waals surface area contributed by atoms with Crippen LogP contribution in [-0.2, 0) is 4.84 Å². The number of ether oxygens (including phenoxy) is 1. The molecule has 27 heavy (non-hydrogen) atoms. The first-order chi connectivity index (χ1) is 13.1. The first-order valence-electron chi connectivity index (χ1n) is 7.90. The lowest BCUT2D eigenvalue weighted by Gasteiger charge is -2.10. The Labute approximate surface area is 152 Å². The van der Waals surface area contributed by atoms with Crippen LogP contribution in [0, 0.1) is 0 Å². The molecule has 0 bridgehead atoms. The van der Waals surface area contributed by atoms with Crippen LogP contribution in [0.15, 0.2) is 59.1 Å². The second-order valence-electron chi connectivity index (χ2n) is 5.64. The molecule has 134 valence electrons. The molecule has 0 spiro atoms. The molecule has 0 atom stereocenters. The van der Waals surface area contributed by atoms with Crippen LogP contribution < -0.4 is 4.74 Å². The quantitative estimate of drug-likeness (QED) is 0.656. The molecular formula is C19H12N2O6. The van der Waals surface area contributed by atoms with Gasteiger partial charge >= 0.3 is 5.97 Å². The molecule has 2 aromatic carbocycles. The Morgan fingerprint density at radius 2 is 1.70 bits per heavy atom. The number of aromatic nitrogens is 1. The van der Waals surface area contributed by atoms with Crippen LogP contribution in [0.5, 0.6) is 5.75 Å². The number of hydrogen-bond donors (Lipinski definition) is 0. The average Bonchev–Trinajstić information content (AvgIpc) is 3.29. The van der Waals surface area contributed by atoms with E-state index in [0.29, 0.717) is 22.1 Å². The molecule has 0 saturated heterocycles. The minimum atomic E-state index is -1.01. The van der Waals surface area contributed by atoms with E-state index in [9.17, 15) is 14.4 Å². The number of fused-ring (bicyclic) bond motifs is 1. The van der Waals surface area contributed by atoms with Crippen LogP contribution in [0.25, 0.3) is 11.3 Å². The van der Waals surface area contributed by atoms with Crippen molar-refractivity contribution in [3.63, 3.8) is 0 Å². The van der Waals surface area contributed by atoms with Crippen molar-refractivity contribution in [2.75, 3.05) is 7.11 Å². The largest absolute Gasteiger partial charge is 0.497 e. The summed E-state index contributed by atoms with van der Waals surface area (Å²) < 4.78 is 10.1. The van der Waals surface area contributed by atoms with Gasteiger partial charge in [-0.1, -0.05) is 34.5 Å². The van der Waals surface area contributed by atoms with Crippen LogP contribution >= 0.6 is 0 Å². The van der Waals surface area contributed by atoms with E-state index in [1.807, 2.05) is 0 Å². The maximum atomic E-state index is 12.3. The highest BCUT2D eigenvalue weighted by Crippen LogP contribution is 2.26. The molecule has 1 aromatic heterocycles. The fourth-order valence-electron chi connectivity index (χ4n) is 2.67. The Morgan fingerprint density at radius 3 is 2.37 bits per heavy atom. The fourth-order valence-corrected chi connectivity index (χ4v) is 2.67. The van der Waals surface area contributed by atoms with Gasteiger partial charge in [-0.25, -0.2) is 4.79 Å². The number of amides is 2. The van der Waals surface area contributed by atoms with Gasteiger partial charge in [0.2, 0.25) is 5.76 Å². The van der Waals surface area contributed by atoms with Crippen molar-refractivity contribution in [1.82, 2.24) is 10.2 Å². The topological polar surface area (TPSA) is 98.9 Å². The molecule has 0 radical (unpaired) electrons. The third-order valence-electron chi connectivity index (χ3n) is 4.01. The summed E-state index contributed by atoms with van der Waals surface area (Å²) >= 11 is 0. The van der Waals surface area contributed by atoms with Gasteiger partial charge in [0.1, 0.15) is 11.4 Å². The van der Waals surface area contributed by atoms with Gasteiger partial charge in [-0.15, -0.1) is 0 Å². The number of imide groups is 1. The molecule has 1 aliphatic rings. The molecule has 0 fully saturated rings. The van der Waals surface area contributed by atoms with E-state index in [-0.39, 0.29) is 16.9 Å². The maximum Gasteiger partial charge on any atom is 0.401 e. The highest BCUT2D eigenvalue weighted by molar-refractivity contribution is 6.21. The van der Waals surface area contributed by atoms with Gasteiger partial charge in [-0.2, -0.15) is 0 Å². The van der Waals surface area contributed by atoms with Crippen LogP contribution in [0.4, 0.5) is 0 Å². The van der Waals surface area contributed by atoms with Crippen molar-refractivity contribution >= 4 is 17.8 Å². The predicted molar refractivity (Wildman–Crippen MR) is 90.8 cm³/mol. The third-order valence-corrected chi connectivity index (χ3v) is 4.01. The van der Waals surface area contributed by atoms with Crippen molar-refractivity contribution in [3.8, 4) is 17.0 Å². The van der Waals surface area contributed by atoms with Gasteiger partial charge in [0.25, 0.3) is 11.8 Å². The first kappa shape index (κ1) is 16.5. The Hall–Kier alpha value is -3.94. The Bertz CT molecular complexity index is 1040. The zero-order valence-electron chi connectivity index (χ0n) is 14.0. The zero-order chi connectivity index (χ0) is 19.0. The predicted octanol–water partition coefficient (Wildman–Crippen LogP) is 2.72. The van der Waals surface area contributed by atoms with E-state index >= 15 is 0 Å². The van der Waals surface area contributed by atoms with Crippen molar-refractivity contribution in [2.45, 2.75) is 0 Å². The number of methoxy groups -OCH3 is 1. The minimum Gasteiger partial charge on any atom is -0.497 e. The highest BCUT2D eigenvalue weighted by Gasteiger charge is 2.39. The molecule has 0 aliphatic carbocycles. The Kier molecular flexibility index (Phi) is 3.92. The van der Waals surface area contributed by atoms with E-state index in [0.717, 1.165) is 0 Å². The van der Waals surface area contributed by atoms with E-state index in [1.165, 1.54) is 25.3 Å². The number of benzene rings is 2. The van der Waals surface area contributed by atoms with Crippen molar-refractivity contribution in [2.24, 2.45) is 0 Å². The summed E-state index contributed by atoms with van der Waals surface area (Å²) in [7, 11) is 1.53. The van der Waals surface area contributed by atoms with Gasteiger partial charge < -0.3 is 14.1 Å². The molecule has 8 heteroatoms. The summed E-state index contributed by atoms with van der Waals surface area (Å²) in [5, 5.41) is 4.23. The minimum absolute atomic E-state index is 0.171. The molecule has 0 saturated carbocycles. The van der Waals surface area contributed by atoms with Crippen LogP contribution in [0.1, 0.15) is 31.3 Å². The summed E-state index contributed by atoms with van der Waals surface area (Å²) in [5.41, 5.74) is 1.39. The standard InChI is InChI=1S/C19H12N2O6/c1-25-12-6-4-5-11(9-12)15-10-16(26-20-15)19(24)27-21-17(22)13-7-2-3-8-14(13)18(21)23/h2-10H,1H3. The first-order valence-corrected chi connectivity index (χ1v) is 7.90. The van der Waals surface area contributed by atoms with Crippen molar-refractivity contribution in [3.05, 3.63) is 71.5 Å². The van der Waals surface area contributed by atoms with E-state index in [1.54, 1.807) is 36.4 Å². The van der Waals surface area contributed by atoms with Gasteiger partial charge in [0, 0.05) is 11.6 Å². The lowest BCUT2D eigenvalue weighted by molar-refractivity contribution is -0.0607. The Balaban J connectivity index is 1.54. The smallest absolute Gasteiger partial charge is 0.401 e. The molecule has 8 nitrogen and oxygen atoms in total. The normalized spacial score (nSPS) is 12.9. The molecule has 0 N–H and O–H groups in total. The second kappa shape index (κ2) is 6.41. The van der Waals surface area contributed by atoms with Crippen LogP contribution in [-0.4, -0.2) is 35.1 Å². The second-order valence-corrected chi connectivity index (χ2v) is 5.64. The summed E-state index contributed by atoms with van der Waals surface area (Å²) in [6.45, 7) is 0. The number of nitrogens with zero attached hydrogens (tertiary/aromatic N) is 2. The van der Waals surface area contributed by atoms with Crippen LogP contribution in [0.3, 0.4) is 0 Å². The van der Waals surface area contributed by atoms with Crippen LogP contribution in [0.2, 0.25) is 0 Å². The summed E-state index contributed by atoms with van der Waals surface area (Å²) in [6.07, 6.45) is 0. The Morgan fingerprint density at radius 1 is 1.00 bits per heavy atom. The third kappa shape index (κ3) is 2.82. The van der Waals surface area contributed by atoms with Gasteiger partial charge in [-0.3, -0.25) is 9.59 Å². The maximum absolute atomic E-state index is 12.3. The molecule has 4 rings (SSSR count). The van der Waals surface area contributed by atoms with Gasteiger partial charge in [0.15, 0.2) is 0 Å². The molecule has 3 aromatic rings. The number of carbonyl (C=O) groups excluding carboxylic acids is 3. The summed E-state index contributed by atoms with van der Waals surface area (Å²) in [5.74, 6) is -2.06. The zero-order valence-corrected chi connectivity index (χ0v) is 14.0. The molecular weight excluding hydrogens is 352 g/mol. The van der Waals surface area contributed by atoms with Crippen molar-refractivity contribution < 1.29 is 28.5 Å².